The Morgan fingerprint density at radius 1 is 1.10 bits per heavy atom. The number of carbonyl (C=O) groups is 1. The molecule has 1 N–H and O–H groups in total. The number of rotatable bonds is 6. The van der Waals surface area contributed by atoms with Crippen LogP contribution in [0.2, 0.25) is 0 Å². The van der Waals surface area contributed by atoms with E-state index < -0.39 is 0 Å². The summed E-state index contributed by atoms with van der Waals surface area (Å²) in [5, 5.41) is 11.2. The lowest BCUT2D eigenvalue weighted by molar-refractivity contribution is -0.122. The maximum Gasteiger partial charge on any atom is 0.293 e. The first-order valence-electron chi connectivity index (χ1n) is 9.04. The number of ether oxygens (including phenoxy) is 1. The molecule has 0 unspecified atom stereocenters. The van der Waals surface area contributed by atoms with E-state index in [4.69, 9.17) is 4.74 Å². The van der Waals surface area contributed by atoms with E-state index in [-0.39, 0.29) is 18.0 Å². The maximum absolute atomic E-state index is 12.7. The predicted molar refractivity (Wildman–Crippen MR) is 108 cm³/mol. The van der Waals surface area contributed by atoms with Gasteiger partial charge in [0.15, 0.2) is 0 Å². The molecule has 0 aliphatic rings. The lowest BCUT2D eigenvalue weighted by Crippen LogP contribution is -2.34. The van der Waals surface area contributed by atoms with Gasteiger partial charge in [-0.05, 0) is 35.9 Å². The van der Waals surface area contributed by atoms with Gasteiger partial charge in [0.1, 0.15) is 24.1 Å². The summed E-state index contributed by atoms with van der Waals surface area (Å²) in [4.78, 5) is 24.9. The Morgan fingerprint density at radius 2 is 1.86 bits per heavy atom. The molecule has 0 radical (unpaired) electrons. The number of nitrogens with zero attached hydrogens (tertiary/aromatic N) is 4. The largest absolute Gasteiger partial charge is 0.497 e. The number of hydrogen-bond acceptors (Lipinski definition) is 5. The van der Waals surface area contributed by atoms with Gasteiger partial charge in [-0.2, -0.15) is 10.2 Å². The standard InChI is InChI=1S/C21H19N5O3/c1-29-17-9-7-16(8-10-17)18-11-19-21(28)25(23-14-26(19)24-18)13-20(27)22-12-15-5-3-2-4-6-15/h2-11,14H,12-13H2,1H3,(H,22,27). The van der Waals surface area contributed by atoms with Gasteiger partial charge >= 0.3 is 0 Å². The molecule has 8 heteroatoms. The fourth-order valence-electron chi connectivity index (χ4n) is 2.94. The fourth-order valence-corrected chi connectivity index (χ4v) is 2.94. The quantitative estimate of drug-likeness (QED) is 0.544. The third-order valence-electron chi connectivity index (χ3n) is 4.50. The first-order chi connectivity index (χ1) is 14.1. The Morgan fingerprint density at radius 3 is 2.59 bits per heavy atom. The minimum Gasteiger partial charge on any atom is -0.497 e. The number of hydrogen-bond donors (Lipinski definition) is 1. The minimum absolute atomic E-state index is 0.161. The van der Waals surface area contributed by atoms with Crippen LogP contribution in [0.4, 0.5) is 0 Å². The first kappa shape index (κ1) is 18.4. The molecular weight excluding hydrogens is 370 g/mol. The SMILES string of the molecule is COc1ccc(-c2cc3c(=O)n(CC(=O)NCc4ccccc4)ncn3n2)cc1. The minimum atomic E-state index is -0.380. The normalized spacial score (nSPS) is 10.8. The summed E-state index contributed by atoms with van der Waals surface area (Å²) in [6, 6.07) is 18.6. The molecule has 2 heterocycles. The summed E-state index contributed by atoms with van der Waals surface area (Å²) < 4.78 is 7.71. The zero-order chi connectivity index (χ0) is 20.2. The summed E-state index contributed by atoms with van der Waals surface area (Å²) in [5.74, 6) is 0.450. The van der Waals surface area contributed by atoms with Gasteiger partial charge in [0.25, 0.3) is 5.56 Å². The van der Waals surface area contributed by atoms with Gasteiger partial charge in [-0.3, -0.25) is 9.59 Å². The van der Waals surface area contributed by atoms with Crippen molar-refractivity contribution in [3.63, 3.8) is 0 Å². The van der Waals surface area contributed by atoms with Crippen molar-refractivity contribution in [1.82, 2.24) is 24.7 Å². The average Bonchev–Trinajstić information content (AvgIpc) is 3.20. The number of aromatic nitrogens is 4. The molecule has 0 fully saturated rings. The zero-order valence-corrected chi connectivity index (χ0v) is 15.8. The molecule has 0 atom stereocenters. The first-order valence-corrected chi connectivity index (χ1v) is 9.04. The number of amides is 1. The van der Waals surface area contributed by atoms with Crippen LogP contribution in [0.25, 0.3) is 16.8 Å². The van der Waals surface area contributed by atoms with Gasteiger partial charge in [0.05, 0.1) is 12.8 Å². The highest BCUT2D eigenvalue weighted by atomic mass is 16.5. The highest BCUT2D eigenvalue weighted by Gasteiger charge is 2.12. The average molecular weight is 389 g/mol. The molecular formula is C21H19N5O3. The van der Waals surface area contributed by atoms with E-state index in [1.807, 2.05) is 54.6 Å². The Balaban J connectivity index is 1.52. The third kappa shape index (κ3) is 4.01. The molecule has 4 rings (SSSR count). The van der Waals surface area contributed by atoms with Crippen LogP contribution in [0.5, 0.6) is 5.75 Å². The van der Waals surface area contributed by atoms with Gasteiger partial charge in [-0.1, -0.05) is 30.3 Å². The molecule has 2 aromatic carbocycles. The molecule has 29 heavy (non-hydrogen) atoms. The molecule has 0 aliphatic heterocycles. The highest BCUT2D eigenvalue weighted by Crippen LogP contribution is 2.21. The van der Waals surface area contributed by atoms with E-state index in [0.717, 1.165) is 21.6 Å². The highest BCUT2D eigenvalue weighted by molar-refractivity contribution is 5.75. The summed E-state index contributed by atoms with van der Waals surface area (Å²) in [6.07, 6.45) is 1.42. The summed E-state index contributed by atoms with van der Waals surface area (Å²) in [6.45, 7) is 0.232. The number of carbonyl (C=O) groups excluding carboxylic acids is 1. The van der Waals surface area contributed by atoms with Crippen molar-refractivity contribution in [2.75, 3.05) is 7.11 Å². The number of methoxy groups -OCH3 is 1. The summed E-state index contributed by atoms with van der Waals surface area (Å²) >= 11 is 0. The van der Waals surface area contributed by atoms with Gasteiger partial charge < -0.3 is 10.1 Å². The lowest BCUT2D eigenvalue weighted by atomic mass is 10.1. The molecule has 2 aromatic heterocycles. The van der Waals surface area contributed by atoms with Crippen molar-refractivity contribution in [2.45, 2.75) is 13.1 Å². The van der Waals surface area contributed by atoms with E-state index >= 15 is 0 Å². The molecule has 0 saturated heterocycles. The van der Waals surface area contributed by atoms with Crippen molar-refractivity contribution in [3.05, 3.63) is 82.9 Å². The van der Waals surface area contributed by atoms with Gasteiger partial charge in [0.2, 0.25) is 5.91 Å². The zero-order valence-electron chi connectivity index (χ0n) is 15.8. The van der Waals surface area contributed by atoms with E-state index in [2.05, 4.69) is 15.5 Å². The lowest BCUT2D eigenvalue weighted by Gasteiger charge is -2.06. The Kier molecular flexibility index (Phi) is 5.07. The molecule has 0 saturated carbocycles. The number of fused-ring (bicyclic) bond motifs is 1. The van der Waals surface area contributed by atoms with Crippen LogP contribution in [0.1, 0.15) is 5.56 Å². The van der Waals surface area contributed by atoms with Crippen molar-refractivity contribution in [1.29, 1.82) is 0 Å². The van der Waals surface area contributed by atoms with Crippen LogP contribution in [-0.2, 0) is 17.9 Å². The smallest absolute Gasteiger partial charge is 0.293 e. The van der Waals surface area contributed by atoms with Crippen LogP contribution in [0.15, 0.2) is 71.8 Å². The maximum atomic E-state index is 12.7. The van der Waals surface area contributed by atoms with Gasteiger partial charge in [0, 0.05) is 12.1 Å². The monoisotopic (exact) mass is 389 g/mol. The van der Waals surface area contributed by atoms with Crippen LogP contribution in [0.3, 0.4) is 0 Å². The van der Waals surface area contributed by atoms with Crippen LogP contribution < -0.4 is 15.6 Å². The molecule has 146 valence electrons. The number of nitrogens with one attached hydrogen (secondary N) is 1. The predicted octanol–water partition coefficient (Wildman–Crippen LogP) is 1.88. The van der Waals surface area contributed by atoms with Crippen LogP contribution >= 0.6 is 0 Å². The van der Waals surface area contributed by atoms with Crippen LogP contribution in [-0.4, -0.2) is 32.4 Å². The van der Waals surface area contributed by atoms with Crippen molar-refractivity contribution in [3.8, 4) is 17.0 Å². The number of benzene rings is 2. The molecule has 4 aromatic rings. The Bertz CT molecular complexity index is 1200. The molecule has 0 aliphatic carbocycles. The Labute approximate surface area is 166 Å². The van der Waals surface area contributed by atoms with Crippen molar-refractivity contribution >= 4 is 11.4 Å². The second-order valence-corrected chi connectivity index (χ2v) is 6.44. The van der Waals surface area contributed by atoms with E-state index in [9.17, 15) is 9.59 Å². The molecule has 0 spiro atoms. The fraction of sp³-hybridized carbons (Fsp3) is 0.143. The second kappa shape index (κ2) is 7.97. The van der Waals surface area contributed by atoms with E-state index in [1.54, 1.807) is 13.2 Å². The second-order valence-electron chi connectivity index (χ2n) is 6.44. The van der Waals surface area contributed by atoms with Crippen molar-refractivity contribution in [2.24, 2.45) is 0 Å². The molecule has 0 bridgehead atoms. The van der Waals surface area contributed by atoms with Crippen molar-refractivity contribution < 1.29 is 9.53 Å². The Hall–Kier alpha value is -3.94. The summed E-state index contributed by atoms with van der Waals surface area (Å²) in [5.41, 5.74) is 2.44. The van der Waals surface area contributed by atoms with Crippen LogP contribution in [0, 0.1) is 0 Å². The topological polar surface area (TPSA) is 90.5 Å². The third-order valence-corrected chi connectivity index (χ3v) is 4.50. The van der Waals surface area contributed by atoms with E-state index in [1.165, 1.54) is 10.8 Å². The van der Waals surface area contributed by atoms with Gasteiger partial charge in [-0.25, -0.2) is 9.20 Å². The molecule has 8 nitrogen and oxygen atoms in total. The van der Waals surface area contributed by atoms with Gasteiger partial charge in [-0.15, -0.1) is 0 Å². The summed E-state index contributed by atoms with van der Waals surface area (Å²) in [7, 11) is 1.60. The molecule has 1 amide bonds. The van der Waals surface area contributed by atoms with E-state index in [0.29, 0.717) is 17.8 Å².